The maximum absolute atomic E-state index is 12.2. The van der Waals surface area contributed by atoms with Gasteiger partial charge < -0.3 is 19.5 Å². The van der Waals surface area contributed by atoms with E-state index in [1.807, 2.05) is 37.3 Å². The highest BCUT2D eigenvalue weighted by atomic mass is 35.5. The van der Waals surface area contributed by atoms with Gasteiger partial charge in [-0.3, -0.25) is 4.79 Å². The van der Waals surface area contributed by atoms with Crippen LogP contribution in [0.4, 0.5) is 0 Å². The average molecular weight is 473 g/mol. The van der Waals surface area contributed by atoms with Crippen molar-refractivity contribution in [2.75, 3.05) is 26.4 Å². The lowest BCUT2D eigenvalue weighted by molar-refractivity contribution is -0.123. The van der Waals surface area contributed by atoms with Gasteiger partial charge in [0.15, 0.2) is 23.8 Å². The summed E-state index contributed by atoms with van der Waals surface area (Å²) in [7, 11) is 0. The van der Waals surface area contributed by atoms with E-state index in [0.717, 1.165) is 12.0 Å². The van der Waals surface area contributed by atoms with E-state index in [9.17, 15) is 9.59 Å². The number of nitrogens with one attached hydrogen (secondary N) is 2. The Morgan fingerprint density at radius 2 is 1.79 bits per heavy atom. The number of benzene rings is 2. The fourth-order valence-corrected chi connectivity index (χ4v) is 3.29. The van der Waals surface area contributed by atoms with Crippen molar-refractivity contribution in [2.45, 2.75) is 20.3 Å². The van der Waals surface area contributed by atoms with Crippen molar-refractivity contribution < 1.29 is 23.8 Å². The number of H-pyrrole nitrogens is 1. The molecule has 0 aliphatic rings. The molecule has 0 fully saturated rings. The maximum Gasteiger partial charge on any atom is 0.361 e. The van der Waals surface area contributed by atoms with Crippen molar-refractivity contribution in [1.82, 2.24) is 20.7 Å². The summed E-state index contributed by atoms with van der Waals surface area (Å²) in [5.41, 5.74) is 1.78. The average Bonchev–Trinajstić information content (AvgIpc) is 3.30. The highest BCUT2D eigenvalue weighted by Crippen LogP contribution is 2.39. The summed E-state index contributed by atoms with van der Waals surface area (Å²) in [6.07, 6.45) is 0.720. The first kappa shape index (κ1) is 24.1. The van der Waals surface area contributed by atoms with Crippen LogP contribution in [0.15, 0.2) is 42.5 Å². The number of carbonyl (C=O) groups is 2. The van der Waals surface area contributed by atoms with E-state index in [2.05, 4.69) is 20.7 Å². The highest BCUT2D eigenvalue weighted by Gasteiger charge is 2.23. The summed E-state index contributed by atoms with van der Waals surface area (Å²) < 4.78 is 16.3. The Labute approximate surface area is 196 Å². The summed E-state index contributed by atoms with van der Waals surface area (Å²) in [6.45, 7) is 4.35. The van der Waals surface area contributed by atoms with Gasteiger partial charge in [-0.2, -0.15) is 10.3 Å². The van der Waals surface area contributed by atoms with Crippen LogP contribution in [0.1, 0.15) is 29.9 Å². The Balaban J connectivity index is 1.69. The fraction of sp³-hybridized carbons (Fsp3) is 0.304. The molecule has 0 bridgehead atoms. The third-order valence-electron chi connectivity index (χ3n) is 4.54. The van der Waals surface area contributed by atoms with Crippen LogP contribution in [0.3, 0.4) is 0 Å². The van der Waals surface area contributed by atoms with Crippen LogP contribution in [-0.2, 0) is 16.0 Å². The lowest BCUT2D eigenvalue weighted by atomic mass is 10.1. The van der Waals surface area contributed by atoms with Crippen LogP contribution in [0.25, 0.3) is 11.3 Å². The molecule has 0 unspecified atom stereocenters. The number of carbonyl (C=O) groups excluding carboxylic acids is 2. The predicted octanol–water partition coefficient (Wildman–Crippen LogP) is 3.44. The Morgan fingerprint density at radius 3 is 2.52 bits per heavy atom. The monoisotopic (exact) mass is 472 g/mol. The summed E-state index contributed by atoms with van der Waals surface area (Å²) in [6, 6.07) is 13.0. The first-order chi connectivity index (χ1) is 16.0. The van der Waals surface area contributed by atoms with E-state index in [1.165, 1.54) is 6.07 Å². The standard InChI is InChI=1S/C23H25ClN4O5/c1-3-31-18-12-16(21-22(27-28-26-21)23(30)32-4-2)17(24)13-19(18)33-14-20(29)25-11-10-15-8-6-5-7-9-15/h5-9,12-13H,3-4,10-11,14H2,1-2H3,(H,25,29)(H,26,27,28). The molecule has 3 aromatic rings. The molecule has 2 N–H and O–H groups in total. The van der Waals surface area contributed by atoms with Crippen LogP contribution in [0.5, 0.6) is 11.5 Å². The van der Waals surface area contributed by atoms with E-state index in [1.54, 1.807) is 13.0 Å². The zero-order valence-electron chi connectivity index (χ0n) is 18.4. The number of ether oxygens (including phenoxy) is 3. The SMILES string of the molecule is CCOC(=O)c1n[nH]nc1-c1cc(OCC)c(OCC(=O)NCCc2ccccc2)cc1Cl. The molecular formula is C23H25ClN4O5. The Morgan fingerprint density at radius 1 is 1.03 bits per heavy atom. The molecule has 0 atom stereocenters. The van der Waals surface area contributed by atoms with Gasteiger partial charge in [0.1, 0.15) is 5.69 Å². The van der Waals surface area contributed by atoms with Crippen LogP contribution >= 0.6 is 11.6 Å². The molecule has 1 heterocycles. The maximum atomic E-state index is 12.2. The van der Waals surface area contributed by atoms with Crippen LogP contribution < -0.4 is 14.8 Å². The Bertz CT molecular complexity index is 1090. The highest BCUT2D eigenvalue weighted by molar-refractivity contribution is 6.33. The zero-order valence-corrected chi connectivity index (χ0v) is 19.1. The molecule has 9 nitrogen and oxygen atoms in total. The number of rotatable bonds is 11. The molecule has 1 aromatic heterocycles. The van der Waals surface area contributed by atoms with Crippen LogP contribution in [-0.4, -0.2) is 53.7 Å². The topological polar surface area (TPSA) is 115 Å². The minimum absolute atomic E-state index is 0.00709. The van der Waals surface area contributed by atoms with Gasteiger partial charge in [0, 0.05) is 18.2 Å². The molecule has 0 radical (unpaired) electrons. The number of esters is 1. The minimum atomic E-state index is -0.622. The van der Waals surface area contributed by atoms with Gasteiger partial charge in [-0.25, -0.2) is 4.79 Å². The number of aromatic nitrogens is 3. The second-order valence-electron chi connectivity index (χ2n) is 6.83. The lowest BCUT2D eigenvalue weighted by Crippen LogP contribution is -2.30. The molecule has 0 spiro atoms. The van der Waals surface area contributed by atoms with Gasteiger partial charge in [0.05, 0.1) is 18.2 Å². The van der Waals surface area contributed by atoms with E-state index >= 15 is 0 Å². The summed E-state index contributed by atoms with van der Waals surface area (Å²) in [5, 5.41) is 13.4. The largest absolute Gasteiger partial charge is 0.490 e. The van der Waals surface area contributed by atoms with Crippen molar-refractivity contribution in [1.29, 1.82) is 0 Å². The quantitative estimate of drug-likeness (QED) is 0.411. The summed E-state index contributed by atoms with van der Waals surface area (Å²) in [4.78, 5) is 24.4. The number of nitrogens with zero attached hydrogens (tertiary/aromatic N) is 2. The number of amides is 1. The number of hydrogen-bond donors (Lipinski definition) is 2. The lowest BCUT2D eigenvalue weighted by Gasteiger charge is -2.14. The summed E-state index contributed by atoms with van der Waals surface area (Å²) >= 11 is 6.44. The third kappa shape index (κ3) is 6.45. The van der Waals surface area contributed by atoms with E-state index in [-0.39, 0.29) is 35.5 Å². The molecule has 3 rings (SSSR count). The van der Waals surface area contributed by atoms with Gasteiger partial charge in [-0.05, 0) is 31.9 Å². The normalized spacial score (nSPS) is 10.5. The van der Waals surface area contributed by atoms with Crippen molar-refractivity contribution in [3.05, 3.63) is 58.7 Å². The number of hydrogen-bond acceptors (Lipinski definition) is 7. The third-order valence-corrected chi connectivity index (χ3v) is 4.86. The minimum Gasteiger partial charge on any atom is -0.490 e. The second-order valence-corrected chi connectivity index (χ2v) is 7.23. The van der Waals surface area contributed by atoms with Crippen LogP contribution in [0, 0.1) is 0 Å². The molecule has 0 saturated carbocycles. The Hall–Kier alpha value is -3.59. The molecule has 0 aliphatic carbocycles. The van der Waals surface area contributed by atoms with Crippen molar-refractivity contribution in [3.63, 3.8) is 0 Å². The predicted molar refractivity (Wildman–Crippen MR) is 123 cm³/mol. The second kappa shape index (κ2) is 11.9. The molecule has 10 heteroatoms. The zero-order chi connectivity index (χ0) is 23.6. The number of aromatic amines is 1. The van der Waals surface area contributed by atoms with Gasteiger partial charge in [-0.15, -0.1) is 5.10 Å². The van der Waals surface area contributed by atoms with Crippen LogP contribution in [0.2, 0.25) is 5.02 Å². The molecule has 174 valence electrons. The van der Waals surface area contributed by atoms with Crippen molar-refractivity contribution >= 4 is 23.5 Å². The van der Waals surface area contributed by atoms with E-state index in [4.69, 9.17) is 25.8 Å². The van der Waals surface area contributed by atoms with Gasteiger partial charge in [0.25, 0.3) is 5.91 Å². The van der Waals surface area contributed by atoms with Crippen molar-refractivity contribution in [3.8, 4) is 22.8 Å². The molecule has 33 heavy (non-hydrogen) atoms. The van der Waals surface area contributed by atoms with Gasteiger partial charge in [0.2, 0.25) is 0 Å². The molecule has 1 amide bonds. The molecular weight excluding hydrogens is 448 g/mol. The van der Waals surface area contributed by atoms with Gasteiger partial charge in [-0.1, -0.05) is 41.9 Å². The van der Waals surface area contributed by atoms with E-state index < -0.39 is 5.97 Å². The molecule has 0 aliphatic heterocycles. The molecule has 0 saturated heterocycles. The number of halogens is 1. The van der Waals surface area contributed by atoms with Crippen molar-refractivity contribution in [2.24, 2.45) is 0 Å². The Kier molecular flexibility index (Phi) is 8.65. The smallest absolute Gasteiger partial charge is 0.361 e. The first-order valence-corrected chi connectivity index (χ1v) is 10.9. The van der Waals surface area contributed by atoms with E-state index in [0.29, 0.717) is 30.2 Å². The summed E-state index contributed by atoms with van der Waals surface area (Å²) in [5.74, 6) is -0.241. The fourth-order valence-electron chi connectivity index (χ4n) is 3.04. The molecule has 2 aromatic carbocycles. The first-order valence-electron chi connectivity index (χ1n) is 10.5. The van der Waals surface area contributed by atoms with Gasteiger partial charge >= 0.3 is 5.97 Å².